The Balaban J connectivity index is 2.56. The second-order valence-corrected chi connectivity index (χ2v) is 3.32. The van der Waals surface area contributed by atoms with Crippen molar-refractivity contribution in [1.82, 2.24) is 4.90 Å². The van der Waals surface area contributed by atoms with Gasteiger partial charge in [-0.25, -0.2) is 0 Å². The fourth-order valence-electron chi connectivity index (χ4n) is 1.58. The van der Waals surface area contributed by atoms with Gasteiger partial charge in [0.2, 0.25) is 0 Å². The van der Waals surface area contributed by atoms with Crippen molar-refractivity contribution in [3.63, 3.8) is 0 Å². The third-order valence-corrected chi connectivity index (χ3v) is 2.44. The van der Waals surface area contributed by atoms with Gasteiger partial charge in [0.15, 0.2) is 6.23 Å². The Morgan fingerprint density at radius 2 is 2.20 bits per heavy atom. The fourth-order valence-corrected chi connectivity index (χ4v) is 1.58. The molecule has 1 heterocycles. The Morgan fingerprint density at radius 1 is 1.53 bits per heavy atom. The third-order valence-electron chi connectivity index (χ3n) is 2.44. The van der Waals surface area contributed by atoms with Gasteiger partial charge in [0.05, 0.1) is 10.5 Å². The standard InChI is InChI=1S/C9H8N2O4/c1-10-8(12)6-3-2-5(11(14)15)4-7(6)9(10)13/h2-4,8,12H,1H3. The van der Waals surface area contributed by atoms with Crippen molar-refractivity contribution in [3.05, 3.63) is 39.4 Å². The van der Waals surface area contributed by atoms with E-state index < -0.39 is 17.1 Å². The summed E-state index contributed by atoms with van der Waals surface area (Å²) in [7, 11) is 1.44. The van der Waals surface area contributed by atoms with Crippen LogP contribution in [0, 0.1) is 10.1 Å². The lowest BCUT2D eigenvalue weighted by molar-refractivity contribution is -0.384. The first-order valence-corrected chi connectivity index (χ1v) is 4.26. The van der Waals surface area contributed by atoms with E-state index in [-0.39, 0.29) is 11.3 Å². The summed E-state index contributed by atoms with van der Waals surface area (Å²) in [5.74, 6) is -0.402. The van der Waals surface area contributed by atoms with E-state index >= 15 is 0 Å². The molecule has 1 N–H and O–H groups in total. The Hall–Kier alpha value is -1.95. The number of amides is 1. The highest BCUT2D eigenvalue weighted by molar-refractivity contribution is 5.99. The van der Waals surface area contributed by atoms with E-state index in [0.29, 0.717) is 5.56 Å². The summed E-state index contributed by atoms with van der Waals surface area (Å²) in [4.78, 5) is 22.6. The number of aliphatic hydroxyl groups is 1. The molecule has 0 saturated heterocycles. The van der Waals surface area contributed by atoms with Gasteiger partial charge in [-0.1, -0.05) is 0 Å². The Morgan fingerprint density at radius 3 is 2.80 bits per heavy atom. The molecule has 1 atom stereocenters. The number of non-ortho nitro benzene ring substituents is 1. The number of carbonyl (C=O) groups excluding carboxylic acids is 1. The topological polar surface area (TPSA) is 83.7 Å². The Labute approximate surface area is 84.9 Å². The molecule has 0 aromatic heterocycles. The minimum absolute atomic E-state index is 0.149. The molecule has 1 aliphatic rings. The molecule has 15 heavy (non-hydrogen) atoms. The number of benzene rings is 1. The zero-order valence-electron chi connectivity index (χ0n) is 7.88. The van der Waals surface area contributed by atoms with Gasteiger partial charge >= 0.3 is 0 Å². The summed E-state index contributed by atoms with van der Waals surface area (Å²) in [6.45, 7) is 0. The molecule has 0 fully saturated rings. The van der Waals surface area contributed by atoms with Crippen LogP contribution in [-0.2, 0) is 0 Å². The molecular weight excluding hydrogens is 200 g/mol. The van der Waals surface area contributed by atoms with Gasteiger partial charge in [0.1, 0.15) is 0 Å². The number of aliphatic hydroxyl groups excluding tert-OH is 1. The fraction of sp³-hybridized carbons (Fsp3) is 0.222. The highest BCUT2D eigenvalue weighted by Crippen LogP contribution is 2.32. The van der Waals surface area contributed by atoms with Crippen molar-refractivity contribution >= 4 is 11.6 Å². The number of hydrogen-bond acceptors (Lipinski definition) is 4. The number of nitrogens with zero attached hydrogens (tertiary/aromatic N) is 2. The maximum absolute atomic E-state index is 11.5. The molecule has 0 spiro atoms. The van der Waals surface area contributed by atoms with Crippen LogP contribution < -0.4 is 0 Å². The summed E-state index contributed by atoms with van der Waals surface area (Å²) >= 11 is 0. The molecule has 1 aromatic rings. The van der Waals surface area contributed by atoms with E-state index in [1.165, 1.54) is 25.2 Å². The molecule has 1 unspecified atom stereocenters. The molecule has 0 radical (unpaired) electrons. The van der Waals surface area contributed by atoms with Crippen molar-refractivity contribution in [1.29, 1.82) is 0 Å². The first-order valence-electron chi connectivity index (χ1n) is 4.26. The van der Waals surface area contributed by atoms with E-state index in [0.717, 1.165) is 4.90 Å². The van der Waals surface area contributed by atoms with Crippen molar-refractivity contribution in [2.24, 2.45) is 0 Å². The molecule has 6 heteroatoms. The molecule has 1 amide bonds. The van der Waals surface area contributed by atoms with E-state index in [9.17, 15) is 20.0 Å². The van der Waals surface area contributed by atoms with Gasteiger partial charge < -0.3 is 10.0 Å². The second-order valence-electron chi connectivity index (χ2n) is 3.32. The van der Waals surface area contributed by atoms with Gasteiger partial charge in [0, 0.05) is 24.7 Å². The second kappa shape index (κ2) is 3.03. The van der Waals surface area contributed by atoms with E-state index in [2.05, 4.69) is 0 Å². The van der Waals surface area contributed by atoms with E-state index in [1.807, 2.05) is 0 Å². The van der Waals surface area contributed by atoms with Crippen molar-refractivity contribution in [2.75, 3.05) is 7.05 Å². The van der Waals surface area contributed by atoms with Crippen LogP contribution >= 0.6 is 0 Å². The van der Waals surface area contributed by atoms with Gasteiger partial charge in [-0.15, -0.1) is 0 Å². The summed E-state index contributed by atoms with van der Waals surface area (Å²) < 4.78 is 0. The maximum Gasteiger partial charge on any atom is 0.270 e. The molecule has 1 aromatic carbocycles. The zero-order chi connectivity index (χ0) is 11.2. The smallest absolute Gasteiger partial charge is 0.270 e. The molecule has 1 aliphatic heterocycles. The first kappa shape index (κ1) is 9.60. The molecule has 78 valence electrons. The summed E-state index contributed by atoms with van der Waals surface area (Å²) in [6, 6.07) is 3.86. The molecular formula is C9H8N2O4. The maximum atomic E-state index is 11.5. The average molecular weight is 208 g/mol. The number of fused-ring (bicyclic) bond motifs is 1. The Kier molecular flexibility index (Phi) is 1.94. The van der Waals surface area contributed by atoms with Crippen LogP contribution in [0.5, 0.6) is 0 Å². The first-order chi connectivity index (χ1) is 7.02. The van der Waals surface area contributed by atoms with Crippen LogP contribution in [-0.4, -0.2) is 27.9 Å². The minimum Gasteiger partial charge on any atom is -0.369 e. The number of nitro benzene ring substituents is 1. The molecule has 0 aliphatic carbocycles. The average Bonchev–Trinajstić information content (AvgIpc) is 2.44. The molecule has 0 saturated carbocycles. The quantitative estimate of drug-likeness (QED) is 0.543. The van der Waals surface area contributed by atoms with E-state index in [1.54, 1.807) is 0 Å². The molecule has 6 nitrogen and oxygen atoms in total. The molecule has 0 bridgehead atoms. The van der Waals surface area contributed by atoms with Crippen molar-refractivity contribution in [3.8, 4) is 0 Å². The summed E-state index contributed by atoms with van der Waals surface area (Å²) in [5, 5.41) is 20.1. The Bertz CT molecular complexity index is 457. The lowest BCUT2D eigenvalue weighted by Crippen LogP contribution is -2.22. The van der Waals surface area contributed by atoms with Crippen LogP contribution in [0.4, 0.5) is 5.69 Å². The van der Waals surface area contributed by atoms with Gasteiger partial charge in [-0.2, -0.15) is 0 Å². The van der Waals surface area contributed by atoms with Gasteiger partial charge in [0.25, 0.3) is 11.6 Å². The highest BCUT2D eigenvalue weighted by Gasteiger charge is 2.33. The van der Waals surface area contributed by atoms with E-state index in [4.69, 9.17) is 0 Å². The van der Waals surface area contributed by atoms with Crippen molar-refractivity contribution < 1.29 is 14.8 Å². The van der Waals surface area contributed by atoms with Crippen LogP contribution in [0.1, 0.15) is 22.1 Å². The monoisotopic (exact) mass is 208 g/mol. The van der Waals surface area contributed by atoms with Gasteiger partial charge in [-0.3, -0.25) is 14.9 Å². The predicted octanol–water partition coefficient (Wildman–Crippen LogP) is 0.671. The third kappa shape index (κ3) is 1.26. The number of rotatable bonds is 1. The van der Waals surface area contributed by atoms with Crippen LogP contribution in [0.25, 0.3) is 0 Å². The van der Waals surface area contributed by atoms with Crippen molar-refractivity contribution in [2.45, 2.75) is 6.23 Å². The van der Waals surface area contributed by atoms with Crippen LogP contribution in [0.2, 0.25) is 0 Å². The predicted molar refractivity (Wildman–Crippen MR) is 50.1 cm³/mol. The summed E-state index contributed by atoms with van der Waals surface area (Å²) in [6.07, 6.45) is -1.01. The number of nitro groups is 1. The minimum atomic E-state index is -1.01. The lowest BCUT2D eigenvalue weighted by atomic mass is 10.1. The lowest BCUT2D eigenvalue weighted by Gasteiger charge is -2.13. The SMILES string of the molecule is CN1C(=O)c2cc([N+](=O)[O-])ccc2C1O. The van der Waals surface area contributed by atoms with Crippen LogP contribution in [0.3, 0.4) is 0 Å². The van der Waals surface area contributed by atoms with Gasteiger partial charge in [-0.05, 0) is 6.07 Å². The van der Waals surface area contributed by atoms with Crippen LogP contribution in [0.15, 0.2) is 18.2 Å². The normalized spacial score (nSPS) is 19.2. The number of carbonyl (C=O) groups is 1. The highest BCUT2D eigenvalue weighted by atomic mass is 16.6. The summed E-state index contributed by atoms with van der Waals surface area (Å²) in [5.41, 5.74) is 0.455. The largest absolute Gasteiger partial charge is 0.369 e. The number of hydrogen-bond donors (Lipinski definition) is 1. The zero-order valence-corrected chi connectivity index (χ0v) is 7.88. The molecule has 2 rings (SSSR count).